The number of halogens is 1. The second kappa shape index (κ2) is 5.49. The van der Waals surface area contributed by atoms with Crippen molar-refractivity contribution in [1.29, 1.82) is 0 Å². The Kier molecular flexibility index (Phi) is 4.57. The Balaban J connectivity index is 2.79. The van der Waals surface area contributed by atoms with Gasteiger partial charge in [0.25, 0.3) is 0 Å². The Morgan fingerprint density at radius 3 is 2.80 bits per heavy atom. The molecule has 0 saturated carbocycles. The van der Waals surface area contributed by atoms with Gasteiger partial charge in [-0.25, -0.2) is 0 Å². The molecule has 1 heterocycles. The van der Waals surface area contributed by atoms with E-state index in [1.807, 2.05) is 25.7 Å². The summed E-state index contributed by atoms with van der Waals surface area (Å²) in [6.45, 7) is 3.80. The lowest BCUT2D eigenvalue weighted by Gasteiger charge is -2.15. The molecule has 1 aromatic heterocycles. The second-order valence-electron chi connectivity index (χ2n) is 3.92. The van der Waals surface area contributed by atoms with Gasteiger partial charge in [0.2, 0.25) is 0 Å². The second-order valence-corrected chi connectivity index (χ2v) is 4.33. The summed E-state index contributed by atoms with van der Waals surface area (Å²) in [6, 6.07) is -0.0258. The van der Waals surface area contributed by atoms with Gasteiger partial charge in [-0.3, -0.25) is 4.68 Å². The summed E-state index contributed by atoms with van der Waals surface area (Å²) >= 11 is 6.06. The van der Waals surface area contributed by atoms with Crippen LogP contribution in [0.5, 0.6) is 0 Å². The lowest BCUT2D eigenvalue weighted by Crippen LogP contribution is -2.22. The van der Waals surface area contributed by atoms with Gasteiger partial charge in [-0.2, -0.15) is 5.10 Å². The van der Waals surface area contributed by atoms with Gasteiger partial charge in [-0.15, -0.1) is 0 Å². The number of hydrogen-bond donors (Lipinski definition) is 1. The molecule has 86 valence electrons. The van der Waals surface area contributed by atoms with Crippen LogP contribution in [0.25, 0.3) is 0 Å². The molecule has 1 atom stereocenters. The first-order chi connectivity index (χ1) is 7.06. The molecular formula is C10H19ClN4. The Morgan fingerprint density at radius 2 is 2.27 bits per heavy atom. The van der Waals surface area contributed by atoms with Crippen LogP contribution in [0.1, 0.15) is 25.1 Å². The zero-order valence-electron chi connectivity index (χ0n) is 9.57. The molecule has 0 amide bonds. The maximum Gasteiger partial charge on any atom is 0.0834 e. The summed E-state index contributed by atoms with van der Waals surface area (Å²) in [5.41, 5.74) is 6.93. The molecule has 0 saturated heterocycles. The van der Waals surface area contributed by atoms with Crippen LogP contribution in [-0.2, 0) is 6.54 Å². The topological polar surface area (TPSA) is 47.1 Å². The van der Waals surface area contributed by atoms with Crippen molar-refractivity contribution in [2.75, 3.05) is 20.6 Å². The molecule has 1 unspecified atom stereocenters. The average Bonchev–Trinajstić information content (AvgIpc) is 2.55. The van der Waals surface area contributed by atoms with E-state index in [-0.39, 0.29) is 6.04 Å². The minimum absolute atomic E-state index is 0.0258. The predicted molar refractivity (Wildman–Crippen MR) is 63.0 cm³/mol. The summed E-state index contributed by atoms with van der Waals surface area (Å²) in [4.78, 5) is 2.11. The normalized spacial score (nSPS) is 13.5. The molecule has 1 aromatic rings. The summed E-state index contributed by atoms with van der Waals surface area (Å²) in [5, 5.41) is 4.90. The Bertz CT molecular complexity index is 308. The van der Waals surface area contributed by atoms with E-state index in [1.54, 1.807) is 6.20 Å². The van der Waals surface area contributed by atoms with Crippen LogP contribution in [-0.4, -0.2) is 35.3 Å². The van der Waals surface area contributed by atoms with E-state index in [0.29, 0.717) is 5.02 Å². The molecule has 15 heavy (non-hydrogen) atoms. The molecule has 0 spiro atoms. The van der Waals surface area contributed by atoms with Crippen LogP contribution >= 0.6 is 11.6 Å². The van der Waals surface area contributed by atoms with Gasteiger partial charge in [0.15, 0.2) is 0 Å². The quantitative estimate of drug-likeness (QED) is 0.834. The lowest BCUT2D eigenvalue weighted by molar-refractivity contribution is 0.366. The van der Waals surface area contributed by atoms with Crippen LogP contribution in [0.3, 0.4) is 0 Å². The number of aromatic nitrogens is 2. The van der Waals surface area contributed by atoms with Crippen molar-refractivity contribution in [3.05, 3.63) is 16.9 Å². The fraction of sp³-hybridized carbons (Fsp3) is 0.700. The molecule has 1 rings (SSSR count). The molecule has 2 N–H and O–H groups in total. The molecule has 4 nitrogen and oxygen atoms in total. The number of nitrogens with two attached hydrogens (primary N) is 1. The zero-order valence-corrected chi connectivity index (χ0v) is 10.3. The minimum atomic E-state index is -0.0258. The third-order valence-corrected chi connectivity index (χ3v) is 2.67. The molecule has 0 bridgehead atoms. The smallest absolute Gasteiger partial charge is 0.0834 e. The molecule has 0 aliphatic carbocycles. The number of hydrogen-bond acceptors (Lipinski definition) is 3. The first kappa shape index (κ1) is 12.5. The highest BCUT2D eigenvalue weighted by atomic mass is 35.5. The van der Waals surface area contributed by atoms with E-state index < -0.39 is 0 Å². The average molecular weight is 231 g/mol. The van der Waals surface area contributed by atoms with Gasteiger partial charge >= 0.3 is 0 Å². The van der Waals surface area contributed by atoms with Crippen LogP contribution < -0.4 is 5.73 Å². The monoisotopic (exact) mass is 230 g/mol. The number of likely N-dealkylation sites (N-methyl/N-ethyl adjacent to an activating group) is 1. The van der Waals surface area contributed by atoms with E-state index in [2.05, 4.69) is 10.00 Å². The molecule has 0 aliphatic heterocycles. The zero-order chi connectivity index (χ0) is 11.4. The predicted octanol–water partition coefficient (Wildman–Crippen LogP) is 1.51. The maximum atomic E-state index is 6.06. The standard InChI is InChI=1S/C10H19ClN4/c1-4-9(12)10-8(11)7-13-15(10)6-5-14(2)3/h7,9H,4-6,12H2,1-3H3. The third kappa shape index (κ3) is 3.19. The minimum Gasteiger partial charge on any atom is -0.323 e. The Hall–Kier alpha value is -0.580. The van der Waals surface area contributed by atoms with Gasteiger partial charge in [0, 0.05) is 12.6 Å². The van der Waals surface area contributed by atoms with Gasteiger partial charge in [0.05, 0.1) is 23.5 Å². The van der Waals surface area contributed by atoms with Crippen LogP contribution in [0.4, 0.5) is 0 Å². The Labute approximate surface area is 96.0 Å². The van der Waals surface area contributed by atoms with Crippen molar-refractivity contribution in [3.63, 3.8) is 0 Å². The number of nitrogens with zero attached hydrogens (tertiary/aromatic N) is 3. The highest BCUT2D eigenvalue weighted by molar-refractivity contribution is 6.31. The molecule has 5 heteroatoms. The van der Waals surface area contributed by atoms with E-state index in [9.17, 15) is 0 Å². The van der Waals surface area contributed by atoms with Gasteiger partial charge in [0.1, 0.15) is 0 Å². The first-order valence-corrected chi connectivity index (χ1v) is 5.55. The highest BCUT2D eigenvalue weighted by Crippen LogP contribution is 2.22. The third-order valence-electron chi connectivity index (χ3n) is 2.38. The first-order valence-electron chi connectivity index (χ1n) is 5.17. The summed E-state index contributed by atoms with van der Waals surface area (Å²) in [6.07, 6.45) is 2.54. The molecule has 0 radical (unpaired) electrons. The van der Waals surface area contributed by atoms with E-state index in [4.69, 9.17) is 17.3 Å². The summed E-state index contributed by atoms with van der Waals surface area (Å²) in [7, 11) is 4.06. The lowest BCUT2D eigenvalue weighted by atomic mass is 10.2. The largest absolute Gasteiger partial charge is 0.323 e. The molecular weight excluding hydrogens is 212 g/mol. The maximum absolute atomic E-state index is 6.06. The fourth-order valence-electron chi connectivity index (χ4n) is 1.41. The molecule has 0 aromatic carbocycles. The van der Waals surface area contributed by atoms with Crippen molar-refractivity contribution < 1.29 is 0 Å². The van der Waals surface area contributed by atoms with Crippen molar-refractivity contribution in [3.8, 4) is 0 Å². The highest BCUT2D eigenvalue weighted by Gasteiger charge is 2.14. The van der Waals surface area contributed by atoms with E-state index >= 15 is 0 Å². The van der Waals surface area contributed by atoms with Crippen molar-refractivity contribution in [2.45, 2.75) is 25.9 Å². The van der Waals surface area contributed by atoms with Crippen LogP contribution in [0.15, 0.2) is 6.20 Å². The molecule has 0 fully saturated rings. The van der Waals surface area contributed by atoms with Crippen molar-refractivity contribution >= 4 is 11.6 Å². The Morgan fingerprint density at radius 1 is 1.60 bits per heavy atom. The van der Waals surface area contributed by atoms with Crippen LogP contribution in [0, 0.1) is 0 Å². The SMILES string of the molecule is CCC(N)c1c(Cl)cnn1CCN(C)C. The van der Waals surface area contributed by atoms with Gasteiger partial charge < -0.3 is 10.6 Å². The summed E-state index contributed by atoms with van der Waals surface area (Å²) < 4.78 is 1.90. The fourth-order valence-corrected chi connectivity index (χ4v) is 1.69. The molecule has 0 aliphatic rings. The van der Waals surface area contributed by atoms with Gasteiger partial charge in [-0.1, -0.05) is 18.5 Å². The van der Waals surface area contributed by atoms with Crippen molar-refractivity contribution in [1.82, 2.24) is 14.7 Å². The van der Waals surface area contributed by atoms with E-state index in [1.165, 1.54) is 0 Å². The van der Waals surface area contributed by atoms with Gasteiger partial charge in [-0.05, 0) is 20.5 Å². The summed E-state index contributed by atoms with van der Waals surface area (Å²) in [5.74, 6) is 0. The van der Waals surface area contributed by atoms with Crippen LogP contribution in [0.2, 0.25) is 5.02 Å². The van der Waals surface area contributed by atoms with E-state index in [0.717, 1.165) is 25.2 Å². The number of rotatable bonds is 5. The van der Waals surface area contributed by atoms with Crippen molar-refractivity contribution in [2.24, 2.45) is 5.73 Å².